The molecule has 2 amide bonds. The number of nitrogens with one attached hydrogen (secondary N) is 2. The summed E-state index contributed by atoms with van der Waals surface area (Å²) in [4.78, 5) is 35.8. The van der Waals surface area contributed by atoms with E-state index < -0.39 is 17.8 Å². The molecular formula is C15H16N4O4S. The molecule has 1 aromatic carbocycles. The van der Waals surface area contributed by atoms with Crippen molar-refractivity contribution in [2.75, 3.05) is 18.1 Å². The van der Waals surface area contributed by atoms with E-state index in [1.54, 1.807) is 37.3 Å². The molecule has 0 radical (unpaired) electrons. The SMILES string of the molecule is CCOC(=O)c1c(N)sc(C(=O)NNC(=O)c2ccccc2)c1N. The van der Waals surface area contributed by atoms with E-state index in [-0.39, 0.29) is 27.7 Å². The molecule has 0 fully saturated rings. The second-order valence-electron chi connectivity index (χ2n) is 4.58. The molecule has 126 valence electrons. The molecule has 0 atom stereocenters. The number of anilines is 2. The summed E-state index contributed by atoms with van der Waals surface area (Å²) >= 11 is 0.839. The monoisotopic (exact) mass is 348 g/mol. The molecular weight excluding hydrogens is 332 g/mol. The topological polar surface area (TPSA) is 137 Å². The van der Waals surface area contributed by atoms with Crippen LogP contribution in [0.25, 0.3) is 0 Å². The summed E-state index contributed by atoms with van der Waals surface area (Å²) in [5.41, 5.74) is 16.3. The lowest BCUT2D eigenvalue weighted by molar-refractivity contribution is 0.0529. The minimum Gasteiger partial charge on any atom is -0.462 e. The molecule has 0 bridgehead atoms. The van der Waals surface area contributed by atoms with Crippen LogP contribution in [0.5, 0.6) is 0 Å². The number of benzene rings is 1. The fourth-order valence-corrected chi connectivity index (χ4v) is 2.75. The van der Waals surface area contributed by atoms with Crippen molar-refractivity contribution in [3.8, 4) is 0 Å². The first-order chi connectivity index (χ1) is 11.5. The Morgan fingerprint density at radius 2 is 1.71 bits per heavy atom. The summed E-state index contributed by atoms with van der Waals surface area (Å²) < 4.78 is 4.84. The standard InChI is InChI=1S/C15H16N4O4S/c1-2-23-15(22)9-10(16)11(24-12(9)17)14(21)19-18-13(20)8-6-4-3-5-7-8/h3-7H,2,16-17H2,1H3,(H,18,20)(H,19,21). The fraction of sp³-hybridized carbons (Fsp3) is 0.133. The number of ether oxygens (including phenoxy) is 1. The molecule has 0 spiro atoms. The fourth-order valence-electron chi connectivity index (χ4n) is 1.88. The van der Waals surface area contributed by atoms with Crippen LogP contribution in [0.15, 0.2) is 30.3 Å². The molecule has 0 aliphatic carbocycles. The van der Waals surface area contributed by atoms with Gasteiger partial charge in [0.15, 0.2) is 0 Å². The van der Waals surface area contributed by atoms with Crippen molar-refractivity contribution < 1.29 is 19.1 Å². The normalized spacial score (nSPS) is 10.0. The van der Waals surface area contributed by atoms with Crippen LogP contribution in [0.2, 0.25) is 0 Å². The second kappa shape index (κ2) is 7.47. The Bertz CT molecular complexity index is 773. The molecule has 2 rings (SSSR count). The van der Waals surface area contributed by atoms with Gasteiger partial charge < -0.3 is 16.2 Å². The summed E-state index contributed by atoms with van der Waals surface area (Å²) in [6.45, 7) is 1.80. The summed E-state index contributed by atoms with van der Waals surface area (Å²) in [7, 11) is 0. The molecule has 1 heterocycles. The van der Waals surface area contributed by atoms with Crippen molar-refractivity contribution in [1.29, 1.82) is 0 Å². The van der Waals surface area contributed by atoms with Crippen LogP contribution in [0, 0.1) is 0 Å². The van der Waals surface area contributed by atoms with Crippen LogP contribution in [0.1, 0.15) is 37.3 Å². The van der Waals surface area contributed by atoms with E-state index >= 15 is 0 Å². The smallest absolute Gasteiger partial charge is 0.343 e. The summed E-state index contributed by atoms with van der Waals surface area (Å²) in [5, 5.41) is 0.0745. The van der Waals surface area contributed by atoms with Gasteiger partial charge in [-0.05, 0) is 19.1 Å². The molecule has 8 nitrogen and oxygen atoms in total. The number of carbonyl (C=O) groups excluding carboxylic acids is 3. The van der Waals surface area contributed by atoms with E-state index in [0.717, 1.165) is 11.3 Å². The van der Waals surface area contributed by atoms with Crippen LogP contribution in [0.4, 0.5) is 10.7 Å². The van der Waals surface area contributed by atoms with Gasteiger partial charge in [0, 0.05) is 5.56 Å². The third-order valence-electron chi connectivity index (χ3n) is 2.98. The second-order valence-corrected chi connectivity index (χ2v) is 5.63. The van der Waals surface area contributed by atoms with Crippen LogP contribution in [0.3, 0.4) is 0 Å². The lowest BCUT2D eigenvalue weighted by atomic mass is 10.2. The zero-order valence-corrected chi connectivity index (χ0v) is 13.6. The highest BCUT2D eigenvalue weighted by Gasteiger charge is 2.25. The maximum absolute atomic E-state index is 12.1. The molecule has 6 N–H and O–H groups in total. The number of esters is 1. The zero-order chi connectivity index (χ0) is 17.7. The summed E-state index contributed by atoms with van der Waals surface area (Å²) in [6, 6.07) is 8.34. The van der Waals surface area contributed by atoms with Gasteiger partial charge in [0.25, 0.3) is 11.8 Å². The maximum atomic E-state index is 12.1. The van der Waals surface area contributed by atoms with Crippen LogP contribution >= 0.6 is 11.3 Å². The van der Waals surface area contributed by atoms with Gasteiger partial charge in [0.05, 0.1) is 12.3 Å². The first-order valence-corrected chi connectivity index (χ1v) is 7.78. The average Bonchev–Trinajstić information content (AvgIpc) is 2.88. The van der Waals surface area contributed by atoms with Crippen LogP contribution in [-0.2, 0) is 4.74 Å². The molecule has 9 heteroatoms. The number of hydrazine groups is 1. The Kier molecular flexibility index (Phi) is 5.38. The van der Waals surface area contributed by atoms with E-state index in [4.69, 9.17) is 16.2 Å². The molecule has 0 aliphatic heterocycles. The number of carbonyl (C=O) groups is 3. The number of thiophene rings is 1. The van der Waals surface area contributed by atoms with Gasteiger partial charge in [0.2, 0.25) is 0 Å². The van der Waals surface area contributed by atoms with Crippen molar-refractivity contribution in [2.24, 2.45) is 0 Å². The highest BCUT2D eigenvalue weighted by Crippen LogP contribution is 2.33. The average molecular weight is 348 g/mol. The Morgan fingerprint density at radius 1 is 1.08 bits per heavy atom. The first-order valence-electron chi connectivity index (χ1n) is 6.96. The van der Waals surface area contributed by atoms with Gasteiger partial charge in [-0.2, -0.15) is 0 Å². The number of amides is 2. The number of nitrogens with two attached hydrogens (primary N) is 2. The highest BCUT2D eigenvalue weighted by molar-refractivity contribution is 7.18. The Labute approximate surface area is 141 Å². The molecule has 0 saturated heterocycles. The van der Waals surface area contributed by atoms with E-state index in [0.29, 0.717) is 5.56 Å². The third kappa shape index (κ3) is 3.63. The van der Waals surface area contributed by atoms with E-state index in [1.807, 2.05) is 0 Å². The predicted octanol–water partition coefficient (Wildman–Crippen LogP) is 1.16. The van der Waals surface area contributed by atoms with Gasteiger partial charge >= 0.3 is 5.97 Å². The molecule has 0 unspecified atom stereocenters. The van der Waals surface area contributed by atoms with Crippen LogP contribution in [-0.4, -0.2) is 24.4 Å². The molecule has 0 aliphatic rings. The first kappa shape index (κ1) is 17.3. The summed E-state index contributed by atoms with van der Waals surface area (Å²) in [6.07, 6.45) is 0. The molecule has 2 aromatic rings. The zero-order valence-electron chi connectivity index (χ0n) is 12.8. The summed E-state index contributed by atoms with van der Waals surface area (Å²) in [5.74, 6) is -1.86. The van der Waals surface area contributed by atoms with Crippen molar-refractivity contribution in [1.82, 2.24) is 10.9 Å². The molecule has 1 aromatic heterocycles. The van der Waals surface area contributed by atoms with Crippen LogP contribution < -0.4 is 22.3 Å². The van der Waals surface area contributed by atoms with Gasteiger partial charge in [-0.3, -0.25) is 20.4 Å². The number of rotatable bonds is 4. The van der Waals surface area contributed by atoms with Gasteiger partial charge in [0.1, 0.15) is 15.4 Å². The van der Waals surface area contributed by atoms with Crippen molar-refractivity contribution in [3.63, 3.8) is 0 Å². The van der Waals surface area contributed by atoms with Crippen molar-refractivity contribution >= 4 is 39.8 Å². The van der Waals surface area contributed by atoms with E-state index in [1.165, 1.54) is 0 Å². The number of hydrogen-bond acceptors (Lipinski definition) is 7. The van der Waals surface area contributed by atoms with Gasteiger partial charge in [-0.15, -0.1) is 11.3 Å². The quantitative estimate of drug-likeness (QED) is 0.483. The lowest BCUT2D eigenvalue weighted by Crippen LogP contribution is -2.41. The molecule has 24 heavy (non-hydrogen) atoms. The Hall–Kier alpha value is -3.07. The third-order valence-corrected chi connectivity index (χ3v) is 4.02. The molecule has 0 saturated carbocycles. The predicted molar refractivity (Wildman–Crippen MR) is 90.5 cm³/mol. The number of hydrogen-bond donors (Lipinski definition) is 4. The maximum Gasteiger partial charge on any atom is 0.343 e. The minimum absolute atomic E-state index is 0.0175. The van der Waals surface area contributed by atoms with Crippen molar-refractivity contribution in [3.05, 3.63) is 46.3 Å². The van der Waals surface area contributed by atoms with Gasteiger partial charge in [-0.1, -0.05) is 18.2 Å². The van der Waals surface area contributed by atoms with E-state index in [2.05, 4.69) is 10.9 Å². The minimum atomic E-state index is -0.698. The number of nitrogen functional groups attached to an aromatic ring is 2. The Morgan fingerprint density at radius 3 is 2.33 bits per heavy atom. The Balaban J connectivity index is 2.09. The van der Waals surface area contributed by atoms with Gasteiger partial charge in [-0.25, -0.2) is 4.79 Å². The highest BCUT2D eigenvalue weighted by atomic mass is 32.1. The van der Waals surface area contributed by atoms with E-state index in [9.17, 15) is 14.4 Å². The van der Waals surface area contributed by atoms with Crippen molar-refractivity contribution in [2.45, 2.75) is 6.92 Å². The largest absolute Gasteiger partial charge is 0.462 e. The lowest BCUT2D eigenvalue weighted by Gasteiger charge is -2.07.